The van der Waals surface area contributed by atoms with Crippen molar-refractivity contribution in [3.8, 4) is 0 Å². The van der Waals surface area contributed by atoms with Crippen molar-refractivity contribution in [3.63, 3.8) is 0 Å². The van der Waals surface area contributed by atoms with Gasteiger partial charge in [-0.1, -0.05) is 56.4 Å². The van der Waals surface area contributed by atoms with Crippen LogP contribution < -0.4 is 0 Å². The van der Waals surface area contributed by atoms with Crippen molar-refractivity contribution in [1.29, 1.82) is 0 Å². The molecule has 10 atom stereocenters. The van der Waals surface area contributed by atoms with E-state index in [2.05, 4.69) is 103 Å². The molecule has 9 heteroatoms. The van der Waals surface area contributed by atoms with Gasteiger partial charge in [-0.25, -0.2) is 0 Å². The normalized spacial score (nSPS) is 35.8. The van der Waals surface area contributed by atoms with Gasteiger partial charge in [0.2, 0.25) is 0 Å². The minimum absolute atomic E-state index is 0. The minimum Gasteiger partial charge on any atom is -0.394 e. The van der Waals surface area contributed by atoms with Gasteiger partial charge in [0.25, 0.3) is 0 Å². The van der Waals surface area contributed by atoms with Crippen LogP contribution in [-0.2, 0) is 4.74 Å². The van der Waals surface area contributed by atoms with Crippen molar-refractivity contribution < 1.29 is 20.1 Å². The van der Waals surface area contributed by atoms with E-state index in [4.69, 9.17) is 20.1 Å². The molecular formula is C41H93N5O4. The predicted octanol–water partition coefficient (Wildman–Crippen LogP) is 6.11. The molecule has 5 heterocycles. The van der Waals surface area contributed by atoms with Crippen LogP contribution in [0.25, 0.3) is 0 Å². The lowest BCUT2D eigenvalue weighted by molar-refractivity contribution is -0.112. The number of likely N-dealkylation sites (tertiary alicyclic amines) is 4. The predicted molar refractivity (Wildman–Crippen MR) is 219 cm³/mol. The molecule has 0 aromatic carbocycles. The second kappa shape index (κ2) is 28.1. The molecule has 0 spiro atoms. The highest BCUT2D eigenvalue weighted by molar-refractivity contribution is 4.90. The van der Waals surface area contributed by atoms with Crippen LogP contribution in [0.15, 0.2) is 0 Å². The smallest absolute Gasteiger partial charge is 0.0937 e. The van der Waals surface area contributed by atoms with E-state index in [9.17, 15) is 0 Å². The van der Waals surface area contributed by atoms with Crippen molar-refractivity contribution in [2.45, 2.75) is 159 Å². The number of aliphatic hydroxyl groups is 3. The summed E-state index contributed by atoms with van der Waals surface area (Å²) in [4.78, 5) is 11.7. The monoisotopic (exact) mass is 720 g/mol. The van der Waals surface area contributed by atoms with Crippen LogP contribution >= 0.6 is 0 Å². The van der Waals surface area contributed by atoms with Crippen LogP contribution in [0, 0.1) is 23.7 Å². The molecule has 5 fully saturated rings. The fraction of sp³-hybridized carbons (Fsp3) is 1.00. The van der Waals surface area contributed by atoms with Gasteiger partial charge in [-0.05, 0) is 132 Å². The van der Waals surface area contributed by atoms with Crippen LogP contribution in [0.5, 0.6) is 0 Å². The summed E-state index contributed by atoms with van der Waals surface area (Å²) in [5.74, 6) is 3.46. The Morgan fingerprint density at radius 2 is 0.880 bits per heavy atom. The first-order chi connectivity index (χ1) is 22.0. The van der Waals surface area contributed by atoms with E-state index in [1.807, 2.05) is 11.9 Å². The second-order valence-corrected chi connectivity index (χ2v) is 16.1. The SMILES string of the molecule is C.C.C.CC1C(C)C(C)N(C)C1C.CC1CC(C)C(C)N(C)C1C.CN1CC(CO)OC(CO)C1.CN1CCC(O)CC1.CN1CCCCC1. The highest BCUT2D eigenvalue weighted by Gasteiger charge is 2.36. The zero-order valence-electron chi connectivity index (χ0n) is 33.2. The van der Waals surface area contributed by atoms with Crippen molar-refractivity contribution in [1.82, 2.24) is 24.5 Å². The molecule has 0 aromatic rings. The van der Waals surface area contributed by atoms with E-state index in [0.29, 0.717) is 0 Å². The number of aliphatic hydroxyl groups excluding tert-OH is 3. The molecule has 0 aromatic heterocycles. The Balaban J connectivity index is -0.000000549. The van der Waals surface area contributed by atoms with Gasteiger partial charge in [0.15, 0.2) is 0 Å². The Hall–Kier alpha value is -0.360. The molecule has 0 aliphatic carbocycles. The lowest BCUT2D eigenvalue weighted by atomic mass is 9.82. The van der Waals surface area contributed by atoms with E-state index < -0.39 is 0 Å². The van der Waals surface area contributed by atoms with Crippen LogP contribution in [0.4, 0.5) is 0 Å². The van der Waals surface area contributed by atoms with Gasteiger partial charge in [0.05, 0.1) is 31.5 Å². The second-order valence-electron chi connectivity index (χ2n) is 16.1. The Labute approximate surface area is 314 Å². The average Bonchev–Trinajstić information content (AvgIpc) is 3.22. The first-order valence-corrected chi connectivity index (χ1v) is 19.1. The highest BCUT2D eigenvalue weighted by Crippen LogP contribution is 2.33. The Morgan fingerprint density at radius 1 is 0.520 bits per heavy atom. The molecule has 5 rings (SSSR count). The molecule has 0 amide bonds. The van der Waals surface area contributed by atoms with Crippen molar-refractivity contribution in [3.05, 3.63) is 0 Å². The molecule has 5 aliphatic rings. The number of nitrogens with zero attached hydrogens (tertiary/aromatic N) is 5. The van der Waals surface area contributed by atoms with Crippen molar-refractivity contribution in [2.75, 3.05) is 87.7 Å². The molecule has 0 radical (unpaired) electrons. The molecule has 5 saturated heterocycles. The molecule has 5 aliphatic heterocycles. The first-order valence-electron chi connectivity index (χ1n) is 19.1. The van der Waals surface area contributed by atoms with Crippen molar-refractivity contribution >= 4 is 0 Å². The number of likely N-dealkylation sites (N-methyl/N-ethyl adjacent to an activating group) is 1. The zero-order valence-corrected chi connectivity index (χ0v) is 33.2. The Morgan fingerprint density at radius 3 is 1.16 bits per heavy atom. The minimum atomic E-state index is -0.133. The molecule has 3 N–H and O–H groups in total. The molecule has 10 unspecified atom stereocenters. The summed E-state index contributed by atoms with van der Waals surface area (Å²) in [6, 6.07) is 3.07. The average molecular weight is 720 g/mol. The lowest BCUT2D eigenvalue weighted by Crippen LogP contribution is -2.48. The van der Waals surface area contributed by atoms with Crippen molar-refractivity contribution in [2.24, 2.45) is 23.7 Å². The van der Waals surface area contributed by atoms with E-state index in [1.165, 1.54) is 38.8 Å². The fourth-order valence-corrected chi connectivity index (χ4v) is 7.52. The van der Waals surface area contributed by atoms with E-state index in [0.717, 1.165) is 86.9 Å². The quantitative estimate of drug-likeness (QED) is 0.313. The van der Waals surface area contributed by atoms with Gasteiger partial charge >= 0.3 is 0 Å². The highest BCUT2D eigenvalue weighted by atomic mass is 16.5. The van der Waals surface area contributed by atoms with E-state index >= 15 is 0 Å². The van der Waals surface area contributed by atoms with Gasteiger partial charge in [-0.3, -0.25) is 0 Å². The summed E-state index contributed by atoms with van der Waals surface area (Å²) in [5, 5.41) is 26.6. The summed E-state index contributed by atoms with van der Waals surface area (Å²) in [7, 11) is 10.7. The number of piperidine rings is 3. The topological polar surface area (TPSA) is 86.1 Å². The van der Waals surface area contributed by atoms with E-state index in [1.54, 1.807) is 0 Å². The molecule has 306 valence electrons. The summed E-state index contributed by atoms with van der Waals surface area (Å²) >= 11 is 0. The molecule has 9 nitrogen and oxygen atoms in total. The Kier molecular flexibility index (Phi) is 30.4. The van der Waals surface area contributed by atoms with Gasteiger partial charge in [0.1, 0.15) is 0 Å². The van der Waals surface area contributed by atoms with E-state index in [-0.39, 0.29) is 53.8 Å². The largest absolute Gasteiger partial charge is 0.394 e. The van der Waals surface area contributed by atoms with Crippen LogP contribution in [-0.4, -0.2) is 170 Å². The molecule has 0 saturated carbocycles. The van der Waals surface area contributed by atoms with Gasteiger partial charge in [-0.2, -0.15) is 0 Å². The number of ether oxygens (including phenoxy) is 1. The fourth-order valence-electron chi connectivity index (χ4n) is 7.52. The third-order valence-corrected chi connectivity index (χ3v) is 12.4. The van der Waals surface area contributed by atoms with Crippen LogP contribution in [0.2, 0.25) is 0 Å². The first kappa shape index (κ1) is 54.0. The van der Waals surface area contributed by atoms with Gasteiger partial charge in [-0.15, -0.1) is 0 Å². The Bertz CT molecular complexity index is 699. The maximum Gasteiger partial charge on any atom is 0.0937 e. The standard InChI is InChI=1S/C10H21N.C9H19N.C7H15NO3.C6H13NO.C6H13N.3CH4/c1-7-6-8(2)10(4)11(5)9(7)3;1-6-7(2)9(4)10(5)8(6)3;1-8-2-6(4-9)11-7(3-8)5-10;1-7-4-2-6(8)3-5-7;1-7-5-3-2-4-6-7;;;/h7-10H,6H2,1-5H3;6-9H,1-5H3;6-7,9-10H,2-5H2,1H3;6,8H,2-5H2,1H3;2-6H2,1H3;3*1H4. The zero-order chi connectivity index (χ0) is 35.8. The number of rotatable bonds is 2. The molecule has 0 bridgehead atoms. The summed E-state index contributed by atoms with van der Waals surface area (Å²) in [5.41, 5.74) is 0. The summed E-state index contributed by atoms with van der Waals surface area (Å²) in [6.45, 7) is 25.1. The molecular weight excluding hydrogens is 626 g/mol. The van der Waals surface area contributed by atoms with Gasteiger partial charge < -0.3 is 44.6 Å². The summed E-state index contributed by atoms with van der Waals surface area (Å²) in [6.07, 6.45) is 7.29. The molecule has 50 heavy (non-hydrogen) atoms. The number of morpholine rings is 1. The number of hydrogen-bond acceptors (Lipinski definition) is 9. The lowest BCUT2D eigenvalue weighted by Gasteiger charge is -2.44. The maximum atomic E-state index is 9.00. The van der Waals surface area contributed by atoms with Crippen LogP contribution in [0.1, 0.15) is 116 Å². The number of hydrogen-bond donors (Lipinski definition) is 3. The van der Waals surface area contributed by atoms with Gasteiger partial charge in [0, 0.05) is 50.3 Å². The third kappa shape index (κ3) is 19.1. The van der Waals surface area contributed by atoms with Crippen LogP contribution in [0.3, 0.4) is 0 Å². The summed E-state index contributed by atoms with van der Waals surface area (Å²) < 4.78 is 5.31. The third-order valence-electron chi connectivity index (χ3n) is 12.4. The maximum absolute atomic E-state index is 9.00.